The Hall–Kier alpha value is -0.840. The monoisotopic (exact) mass is 165 g/mol. The molecule has 1 N–H and O–H groups in total. The first-order valence-electron chi connectivity index (χ1n) is 3.20. The number of carbonyl (C=O) groups excluding carboxylic acids is 1. The lowest BCUT2D eigenvalue weighted by atomic mass is 10.6. The van der Waals surface area contributed by atoms with E-state index in [0.717, 1.165) is 6.92 Å². The summed E-state index contributed by atoms with van der Waals surface area (Å²) >= 11 is 0. The molecule has 1 amide bonds. The van der Waals surface area contributed by atoms with Crippen molar-refractivity contribution in [2.75, 3.05) is 7.11 Å². The van der Waals surface area contributed by atoms with Crippen molar-refractivity contribution in [3.8, 4) is 0 Å². The maximum atomic E-state index is 12.0. The first-order chi connectivity index (χ1) is 5.06. The van der Waals surface area contributed by atoms with Gasteiger partial charge < -0.3 is 9.47 Å². The SMILES string of the molecule is COC(C)NC(=O)OC(C)F. The minimum Gasteiger partial charge on any atom is -0.415 e. The molecule has 0 rings (SSSR count). The molecule has 5 heteroatoms. The van der Waals surface area contributed by atoms with E-state index in [2.05, 4.69) is 14.8 Å². The van der Waals surface area contributed by atoms with Crippen LogP contribution in [0.25, 0.3) is 0 Å². The zero-order valence-electron chi connectivity index (χ0n) is 6.76. The Labute approximate surface area is 64.7 Å². The van der Waals surface area contributed by atoms with Gasteiger partial charge in [-0.25, -0.2) is 9.18 Å². The lowest BCUT2D eigenvalue weighted by Crippen LogP contribution is -2.35. The zero-order valence-corrected chi connectivity index (χ0v) is 6.76. The minimum absolute atomic E-state index is 0.471. The highest BCUT2D eigenvalue weighted by Gasteiger charge is 2.09. The summed E-state index contributed by atoms with van der Waals surface area (Å²) in [5.74, 6) is 0. The van der Waals surface area contributed by atoms with Gasteiger partial charge in [0.05, 0.1) is 0 Å². The van der Waals surface area contributed by atoms with Gasteiger partial charge in [0.15, 0.2) is 0 Å². The molecule has 0 radical (unpaired) electrons. The number of methoxy groups -OCH3 is 1. The van der Waals surface area contributed by atoms with Crippen molar-refractivity contribution in [3.63, 3.8) is 0 Å². The molecule has 11 heavy (non-hydrogen) atoms. The summed E-state index contributed by atoms with van der Waals surface area (Å²) in [5.41, 5.74) is 0. The normalized spacial score (nSPS) is 15.3. The van der Waals surface area contributed by atoms with Crippen LogP contribution in [0.3, 0.4) is 0 Å². The third-order valence-corrected chi connectivity index (χ3v) is 0.944. The molecule has 0 saturated carbocycles. The van der Waals surface area contributed by atoms with Crippen molar-refractivity contribution < 1.29 is 18.7 Å². The van der Waals surface area contributed by atoms with Crippen LogP contribution in [0.15, 0.2) is 0 Å². The molecule has 0 saturated heterocycles. The van der Waals surface area contributed by atoms with Crippen LogP contribution in [0.4, 0.5) is 9.18 Å². The summed E-state index contributed by atoms with van der Waals surface area (Å²) < 4.78 is 20.8. The van der Waals surface area contributed by atoms with E-state index in [1.165, 1.54) is 7.11 Å². The predicted octanol–water partition coefficient (Wildman–Crippen LogP) is 1.02. The highest BCUT2D eigenvalue weighted by molar-refractivity contribution is 5.67. The number of amides is 1. The lowest BCUT2D eigenvalue weighted by molar-refractivity contribution is 0.0120. The Morgan fingerprint density at radius 2 is 2.09 bits per heavy atom. The quantitative estimate of drug-likeness (QED) is 0.635. The van der Waals surface area contributed by atoms with Crippen LogP contribution in [0, 0.1) is 0 Å². The Balaban J connectivity index is 3.52. The van der Waals surface area contributed by atoms with Crippen molar-refractivity contribution in [2.24, 2.45) is 0 Å². The average Bonchev–Trinajstić information content (AvgIpc) is 1.85. The molecule has 0 spiro atoms. The van der Waals surface area contributed by atoms with Crippen LogP contribution in [0.5, 0.6) is 0 Å². The summed E-state index contributed by atoms with van der Waals surface area (Å²) in [5, 5.41) is 2.24. The van der Waals surface area contributed by atoms with Crippen molar-refractivity contribution in [1.82, 2.24) is 5.32 Å². The number of rotatable bonds is 3. The standard InChI is InChI=1S/C6H12FNO3/c1-4(7)11-6(9)8-5(2)10-3/h4-5H,1-3H3,(H,8,9). The molecular weight excluding hydrogens is 153 g/mol. The second kappa shape index (κ2) is 4.90. The van der Waals surface area contributed by atoms with Crippen LogP contribution < -0.4 is 5.32 Å². The number of alkyl carbamates (subject to hydrolysis) is 1. The molecule has 0 aromatic carbocycles. The number of nitrogens with one attached hydrogen (secondary N) is 1. The molecule has 0 aliphatic heterocycles. The topological polar surface area (TPSA) is 47.6 Å². The molecule has 0 aliphatic rings. The third kappa shape index (κ3) is 5.60. The first kappa shape index (κ1) is 10.2. The molecular formula is C6H12FNO3. The van der Waals surface area contributed by atoms with E-state index in [9.17, 15) is 9.18 Å². The van der Waals surface area contributed by atoms with Crippen molar-refractivity contribution in [1.29, 1.82) is 0 Å². The Morgan fingerprint density at radius 3 is 2.45 bits per heavy atom. The van der Waals surface area contributed by atoms with Crippen LogP contribution in [0.2, 0.25) is 0 Å². The van der Waals surface area contributed by atoms with E-state index in [1.807, 2.05) is 0 Å². The van der Waals surface area contributed by atoms with Gasteiger partial charge in [-0.05, 0) is 6.92 Å². The van der Waals surface area contributed by atoms with Gasteiger partial charge in [-0.15, -0.1) is 0 Å². The van der Waals surface area contributed by atoms with Gasteiger partial charge in [0, 0.05) is 14.0 Å². The van der Waals surface area contributed by atoms with Crippen molar-refractivity contribution in [3.05, 3.63) is 0 Å². The zero-order chi connectivity index (χ0) is 8.85. The third-order valence-electron chi connectivity index (χ3n) is 0.944. The highest BCUT2D eigenvalue weighted by atomic mass is 19.1. The van der Waals surface area contributed by atoms with E-state index in [-0.39, 0.29) is 0 Å². The van der Waals surface area contributed by atoms with Crippen molar-refractivity contribution >= 4 is 6.09 Å². The molecule has 2 unspecified atom stereocenters. The van der Waals surface area contributed by atoms with E-state index in [4.69, 9.17) is 0 Å². The molecule has 0 aromatic rings. The fourth-order valence-electron chi connectivity index (χ4n) is 0.406. The summed E-state index contributed by atoms with van der Waals surface area (Å²) in [6.45, 7) is 2.72. The van der Waals surface area contributed by atoms with Gasteiger partial charge in [-0.1, -0.05) is 0 Å². The van der Waals surface area contributed by atoms with Gasteiger partial charge >= 0.3 is 6.09 Å². The molecule has 0 aliphatic carbocycles. The molecule has 0 heterocycles. The van der Waals surface area contributed by atoms with Gasteiger partial charge in [-0.2, -0.15) is 0 Å². The molecule has 2 atom stereocenters. The van der Waals surface area contributed by atoms with Crippen LogP contribution in [-0.2, 0) is 9.47 Å². The Bertz CT molecular complexity index is 129. The summed E-state index contributed by atoms with van der Waals surface area (Å²) in [4.78, 5) is 10.6. The number of alkyl halides is 1. The van der Waals surface area contributed by atoms with E-state index in [1.54, 1.807) is 6.92 Å². The van der Waals surface area contributed by atoms with Crippen LogP contribution >= 0.6 is 0 Å². The van der Waals surface area contributed by atoms with Crippen molar-refractivity contribution in [2.45, 2.75) is 26.4 Å². The molecule has 0 aromatic heterocycles. The van der Waals surface area contributed by atoms with Gasteiger partial charge in [0.25, 0.3) is 0 Å². The molecule has 0 fully saturated rings. The van der Waals surface area contributed by atoms with Gasteiger partial charge in [0.1, 0.15) is 6.23 Å². The fraction of sp³-hybridized carbons (Fsp3) is 0.833. The lowest BCUT2D eigenvalue weighted by Gasteiger charge is -2.11. The van der Waals surface area contributed by atoms with Gasteiger partial charge in [0.2, 0.25) is 6.36 Å². The van der Waals surface area contributed by atoms with E-state index in [0.29, 0.717) is 0 Å². The highest BCUT2D eigenvalue weighted by Crippen LogP contribution is 1.92. The maximum absolute atomic E-state index is 12.0. The maximum Gasteiger partial charge on any atom is 0.411 e. The van der Waals surface area contributed by atoms with E-state index < -0.39 is 18.7 Å². The largest absolute Gasteiger partial charge is 0.415 e. The average molecular weight is 165 g/mol. The second-order valence-electron chi connectivity index (χ2n) is 1.97. The summed E-state index contributed by atoms with van der Waals surface area (Å²) in [6, 6.07) is 0. The van der Waals surface area contributed by atoms with E-state index >= 15 is 0 Å². The Morgan fingerprint density at radius 1 is 1.55 bits per heavy atom. The number of hydrogen-bond donors (Lipinski definition) is 1. The minimum atomic E-state index is -1.60. The Kier molecular flexibility index (Phi) is 4.52. The van der Waals surface area contributed by atoms with Gasteiger partial charge in [-0.3, -0.25) is 5.32 Å². The van der Waals surface area contributed by atoms with Crippen LogP contribution in [-0.4, -0.2) is 25.8 Å². The molecule has 0 bridgehead atoms. The number of ether oxygens (including phenoxy) is 2. The smallest absolute Gasteiger partial charge is 0.411 e. The number of carbonyl (C=O) groups is 1. The predicted molar refractivity (Wildman–Crippen MR) is 36.7 cm³/mol. The van der Waals surface area contributed by atoms with Crippen LogP contribution in [0.1, 0.15) is 13.8 Å². The molecule has 4 nitrogen and oxygen atoms in total. The summed E-state index contributed by atoms with van der Waals surface area (Å²) in [7, 11) is 1.42. The summed E-state index contributed by atoms with van der Waals surface area (Å²) in [6.07, 6.45) is -2.89. The number of hydrogen-bond acceptors (Lipinski definition) is 3. The second-order valence-corrected chi connectivity index (χ2v) is 1.97. The molecule has 66 valence electrons. The number of halogens is 1. The first-order valence-corrected chi connectivity index (χ1v) is 3.20. The fourth-order valence-corrected chi connectivity index (χ4v) is 0.406.